The number of rotatable bonds is 4. The molecule has 19 heavy (non-hydrogen) atoms. The van der Waals surface area contributed by atoms with Gasteiger partial charge in [0.25, 0.3) is 0 Å². The van der Waals surface area contributed by atoms with Crippen molar-refractivity contribution in [3.05, 3.63) is 30.1 Å². The van der Waals surface area contributed by atoms with Crippen molar-refractivity contribution in [3.63, 3.8) is 0 Å². The average molecular weight is 261 g/mol. The number of nitrogens with one attached hydrogen (secondary N) is 2. The minimum atomic E-state index is -0.728. The molecule has 0 saturated heterocycles. The highest BCUT2D eigenvalue weighted by Gasteiger charge is 2.35. The first kappa shape index (κ1) is 13.3. The monoisotopic (exact) mass is 261 g/mol. The highest BCUT2D eigenvalue weighted by molar-refractivity contribution is 5.81. The first-order valence-corrected chi connectivity index (χ1v) is 6.36. The van der Waals surface area contributed by atoms with Crippen LogP contribution in [0.3, 0.4) is 0 Å². The summed E-state index contributed by atoms with van der Waals surface area (Å²) in [5.74, 6) is -0.683. The molecular weight excluding hydrogens is 245 g/mol. The minimum Gasteiger partial charge on any atom is -0.374 e. The first-order chi connectivity index (χ1) is 9.15. The van der Waals surface area contributed by atoms with Crippen molar-refractivity contribution in [3.8, 4) is 6.07 Å². The van der Waals surface area contributed by atoms with Gasteiger partial charge < -0.3 is 10.6 Å². The zero-order chi connectivity index (χ0) is 13.7. The van der Waals surface area contributed by atoms with Gasteiger partial charge in [0.1, 0.15) is 11.4 Å². The molecule has 0 aliphatic heterocycles. The number of anilines is 1. The fourth-order valence-electron chi connectivity index (χ4n) is 2.33. The van der Waals surface area contributed by atoms with E-state index >= 15 is 0 Å². The van der Waals surface area contributed by atoms with Crippen molar-refractivity contribution in [1.29, 1.82) is 5.26 Å². The van der Waals surface area contributed by atoms with Crippen molar-refractivity contribution in [2.24, 2.45) is 0 Å². The second-order valence-electron chi connectivity index (χ2n) is 4.78. The molecule has 0 aromatic heterocycles. The van der Waals surface area contributed by atoms with E-state index in [1.807, 2.05) is 0 Å². The van der Waals surface area contributed by atoms with Crippen molar-refractivity contribution in [2.45, 2.75) is 31.2 Å². The molecule has 2 N–H and O–H groups in total. The van der Waals surface area contributed by atoms with Gasteiger partial charge in [0.15, 0.2) is 0 Å². The Kier molecular flexibility index (Phi) is 4.00. The summed E-state index contributed by atoms with van der Waals surface area (Å²) in [6.07, 6.45) is 3.28. The topological polar surface area (TPSA) is 64.9 Å². The van der Waals surface area contributed by atoms with Crippen LogP contribution in [-0.4, -0.2) is 18.0 Å². The maximum absolute atomic E-state index is 13.3. The van der Waals surface area contributed by atoms with E-state index < -0.39 is 11.4 Å². The van der Waals surface area contributed by atoms with Crippen molar-refractivity contribution < 1.29 is 9.18 Å². The highest BCUT2D eigenvalue weighted by atomic mass is 19.1. The van der Waals surface area contributed by atoms with Crippen molar-refractivity contribution in [2.75, 3.05) is 11.9 Å². The zero-order valence-corrected chi connectivity index (χ0v) is 10.6. The van der Waals surface area contributed by atoms with E-state index in [9.17, 15) is 9.18 Å². The Morgan fingerprint density at radius 1 is 1.37 bits per heavy atom. The molecule has 5 heteroatoms. The summed E-state index contributed by atoms with van der Waals surface area (Å²) >= 11 is 0. The zero-order valence-electron chi connectivity index (χ0n) is 10.6. The van der Waals surface area contributed by atoms with Gasteiger partial charge >= 0.3 is 0 Å². The average Bonchev–Trinajstić information content (AvgIpc) is 2.87. The summed E-state index contributed by atoms with van der Waals surface area (Å²) < 4.78 is 13.3. The summed E-state index contributed by atoms with van der Waals surface area (Å²) in [6.45, 7) is -0.0373. The molecule has 1 fully saturated rings. The molecule has 1 aliphatic rings. The van der Waals surface area contributed by atoms with E-state index in [-0.39, 0.29) is 18.1 Å². The number of nitrogens with zero attached hydrogens (tertiary/aromatic N) is 1. The maximum Gasteiger partial charge on any atom is 0.240 e. The third kappa shape index (κ3) is 3.22. The quantitative estimate of drug-likeness (QED) is 0.873. The van der Waals surface area contributed by atoms with Gasteiger partial charge in [0.2, 0.25) is 5.91 Å². The largest absolute Gasteiger partial charge is 0.374 e. The van der Waals surface area contributed by atoms with Crippen LogP contribution in [0, 0.1) is 17.1 Å². The molecule has 2 rings (SSSR count). The number of nitriles is 1. The Morgan fingerprint density at radius 2 is 2.05 bits per heavy atom. The minimum absolute atomic E-state index is 0.0373. The number of amides is 1. The van der Waals surface area contributed by atoms with Crippen LogP contribution in [-0.2, 0) is 4.79 Å². The van der Waals surface area contributed by atoms with Crippen LogP contribution in [0.5, 0.6) is 0 Å². The predicted molar refractivity (Wildman–Crippen MR) is 69.8 cm³/mol. The van der Waals surface area contributed by atoms with Crippen LogP contribution in [0.1, 0.15) is 25.7 Å². The van der Waals surface area contributed by atoms with Crippen molar-refractivity contribution in [1.82, 2.24) is 5.32 Å². The van der Waals surface area contributed by atoms with E-state index in [1.165, 1.54) is 6.07 Å². The Hall–Kier alpha value is -2.09. The number of carbonyl (C=O) groups excluding carboxylic acids is 1. The molecule has 1 aromatic carbocycles. The van der Waals surface area contributed by atoms with Crippen LogP contribution in [0.25, 0.3) is 0 Å². The van der Waals surface area contributed by atoms with Gasteiger partial charge in [-0.15, -0.1) is 0 Å². The fourth-order valence-corrected chi connectivity index (χ4v) is 2.33. The Morgan fingerprint density at radius 3 is 2.68 bits per heavy atom. The molecule has 4 nitrogen and oxygen atoms in total. The summed E-state index contributed by atoms with van der Waals surface area (Å²) in [6, 6.07) is 8.36. The Labute approximate surface area is 111 Å². The molecule has 0 spiro atoms. The van der Waals surface area contributed by atoms with Crippen LogP contribution < -0.4 is 10.6 Å². The first-order valence-electron chi connectivity index (χ1n) is 6.36. The molecule has 0 radical (unpaired) electrons. The van der Waals surface area contributed by atoms with Gasteiger partial charge in [-0.05, 0) is 37.8 Å². The van der Waals surface area contributed by atoms with E-state index in [1.54, 1.807) is 18.2 Å². The lowest BCUT2D eigenvalue weighted by Crippen LogP contribution is -2.47. The summed E-state index contributed by atoms with van der Waals surface area (Å²) in [5, 5.41) is 14.6. The van der Waals surface area contributed by atoms with Gasteiger partial charge in [-0.2, -0.15) is 5.26 Å². The summed E-state index contributed by atoms with van der Waals surface area (Å²) in [7, 11) is 0. The van der Waals surface area contributed by atoms with Gasteiger partial charge in [0, 0.05) is 0 Å². The fraction of sp³-hybridized carbons (Fsp3) is 0.429. The van der Waals surface area contributed by atoms with Gasteiger partial charge in [0.05, 0.1) is 18.3 Å². The lowest BCUT2D eigenvalue weighted by Gasteiger charge is -2.22. The van der Waals surface area contributed by atoms with Crippen LogP contribution >= 0.6 is 0 Å². The molecule has 1 saturated carbocycles. The van der Waals surface area contributed by atoms with Crippen LogP contribution in [0.15, 0.2) is 24.3 Å². The van der Waals surface area contributed by atoms with Crippen LogP contribution in [0.2, 0.25) is 0 Å². The third-order valence-corrected chi connectivity index (χ3v) is 3.36. The predicted octanol–water partition coefficient (Wildman–Crippen LogP) is 2.19. The molecule has 0 bridgehead atoms. The Balaban J connectivity index is 1.89. The second kappa shape index (κ2) is 5.70. The number of benzene rings is 1. The van der Waals surface area contributed by atoms with Gasteiger partial charge in [-0.25, -0.2) is 4.39 Å². The highest BCUT2D eigenvalue weighted by Crippen LogP contribution is 2.28. The molecule has 1 aromatic rings. The number of hydrogen-bond acceptors (Lipinski definition) is 3. The molecule has 100 valence electrons. The molecule has 0 heterocycles. The smallest absolute Gasteiger partial charge is 0.240 e. The van der Waals surface area contributed by atoms with E-state index in [0.29, 0.717) is 12.8 Å². The van der Waals surface area contributed by atoms with E-state index in [0.717, 1.165) is 12.8 Å². The Bertz CT molecular complexity index is 504. The molecule has 0 atom stereocenters. The maximum atomic E-state index is 13.3. The van der Waals surface area contributed by atoms with Crippen LogP contribution in [0.4, 0.5) is 10.1 Å². The third-order valence-electron chi connectivity index (χ3n) is 3.36. The standard InChI is InChI=1S/C14H16FN3O/c15-11-5-1-2-6-12(11)17-9-13(19)18-14(10-16)7-3-4-8-14/h1-2,5-6,17H,3-4,7-9H2,(H,18,19). The normalized spacial score (nSPS) is 16.6. The van der Waals surface area contributed by atoms with E-state index in [4.69, 9.17) is 5.26 Å². The lowest BCUT2D eigenvalue weighted by atomic mass is 10.00. The number of carbonyl (C=O) groups is 1. The van der Waals surface area contributed by atoms with Gasteiger partial charge in [-0.1, -0.05) is 12.1 Å². The SMILES string of the molecule is N#CC1(NC(=O)CNc2ccccc2F)CCCC1. The van der Waals surface area contributed by atoms with Gasteiger partial charge in [-0.3, -0.25) is 4.79 Å². The molecular formula is C14H16FN3O. The number of para-hydroxylation sites is 1. The molecule has 1 aliphatic carbocycles. The molecule has 0 unspecified atom stereocenters. The van der Waals surface area contributed by atoms with E-state index in [2.05, 4.69) is 16.7 Å². The lowest BCUT2D eigenvalue weighted by molar-refractivity contribution is -0.120. The number of hydrogen-bond donors (Lipinski definition) is 2. The second-order valence-corrected chi connectivity index (χ2v) is 4.78. The number of halogens is 1. The van der Waals surface area contributed by atoms with Crippen molar-refractivity contribution >= 4 is 11.6 Å². The molecule has 1 amide bonds. The summed E-state index contributed by atoms with van der Waals surface area (Å²) in [5.41, 5.74) is -0.441. The summed E-state index contributed by atoms with van der Waals surface area (Å²) in [4.78, 5) is 11.8.